The summed E-state index contributed by atoms with van der Waals surface area (Å²) < 4.78 is 1.38. The Morgan fingerprint density at radius 1 is 1.25 bits per heavy atom. The number of hydrogen-bond acceptors (Lipinski definition) is 4. The van der Waals surface area contributed by atoms with E-state index in [-0.39, 0.29) is 12.3 Å². The van der Waals surface area contributed by atoms with Crippen LogP contribution in [-0.2, 0) is 22.6 Å². The van der Waals surface area contributed by atoms with Crippen molar-refractivity contribution in [2.24, 2.45) is 0 Å². The number of fused-ring (bicyclic) bond motifs is 1. The molecule has 1 aliphatic rings. The Morgan fingerprint density at radius 2 is 1.96 bits per heavy atom. The monoisotopic (exact) mass is 326 g/mol. The van der Waals surface area contributed by atoms with E-state index in [0.29, 0.717) is 18.8 Å². The Balaban J connectivity index is 1.75. The lowest BCUT2D eigenvalue weighted by atomic mass is 9.99. The Kier molecular flexibility index (Phi) is 4.38. The predicted molar refractivity (Wildman–Crippen MR) is 85.9 cm³/mol. The number of carbonyl (C=O) groups is 2. The third kappa shape index (κ3) is 3.18. The standard InChI is InChI=1S/C18H21N3O3/c1-12-9-13(2)21(19-12)16(18(23)24)10-17(22)20-8-7-14-5-3-4-6-15(14)11-20/h3-6,9,16H,7-8,10-11H2,1-2H3,(H,23,24)/p-1/t16-/m1/s1. The number of carbonyl (C=O) groups excluding carboxylic acids is 2. The van der Waals surface area contributed by atoms with E-state index in [1.54, 1.807) is 24.8 Å². The number of carboxylic acids is 1. The lowest BCUT2D eigenvalue weighted by Gasteiger charge is -2.30. The van der Waals surface area contributed by atoms with E-state index in [1.807, 2.05) is 18.2 Å². The van der Waals surface area contributed by atoms with Crippen molar-refractivity contribution >= 4 is 11.9 Å². The first-order chi connectivity index (χ1) is 11.5. The fourth-order valence-electron chi connectivity index (χ4n) is 3.23. The SMILES string of the molecule is Cc1cc(C)n([C@H](CC(=O)N2CCc3ccccc3C2)C(=O)[O-])n1. The number of benzene rings is 1. The van der Waals surface area contributed by atoms with Crippen molar-refractivity contribution in [3.8, 4) is 0 Å². The van der Waals surface area contributed by atoms with Gasteiger partial charge in [0.05, 0.1) is 18.1 Å². The van der Waals surface area contributed by atoms with E-state index < -0.39 is 12.0 Å². The van der Waals surface area contributed by atoms with Crippen LogP contribution in [0.2, 0.25) is 0 Å². The van der Waals surface area contributed by atoms with Crippen LogP contribution in [0.25, 0.3) is 0 Å². The minimum Gasteiger partial charge on any atom is -0.548 e. The molecule has 126 valence electrons. The Bertz CT molecular complexity index is 782. The first-order valence-electron chi connectivity index (χ1n) is 8.04. The molecule has 0 radical (unpaired) electrons. The first-order valence-corrected chi connectivity index (χ1v) is 8.04. The van der Waals surface area contributed by atoms with Crippen LogP contribution in [0.4, 0.5) is 0 Å². The molecule has 1 atom stereocenters. The van der Waals surface area contributed by atoms with Gasteiger partial charge in [0.25, 0.3) is 0 Å². The maximum Gasteiger partial charge on any atom is 0.225 e. The van der Waals surface area contributed by atoms with Gasteiger partial charge >= 0.3 is 0 Å². The van der Waals surface area contributed by atoms with Gasteiger partial charge in [-0.25, -0.2) is 0 Å². The molecule has 0 bridgehead atoms. The van der Waals surface area contributed by atoms with Crippen LogP contribution >= 0.6 is 0 Å². The number of hydrogen-bond donors (Lipinski definition) is 0. The number of aromatic nitrogens is 2. The van der Waals surface area contributed by atoms with Crippen LogP contribution in [-0.4, -0.2) is 33.1 Å². The molecule has 0 unspecified atom stereocenters. The molecular formula is C18H20N3O3-. The van der Waals surface area contributed by atoms with Gasteiger partial charge in [-0.2, -0.15) is 5.10 Å². The summed E-state index contributed by atoms with van der Waals surface area (Å²) in [5.41, 5.74) is 3.79. The third-order valence-corrected chi connectivity index (χ3v) is 4.46. The second-order valence-corrected chi connectivity index (χ2v) is 6.24. The molecule has 1 aliphatic heterocycles. The lowest BCUT2D eigenvalue weighted by Crippen LogP contribution is -2.41. The summed E-state index contributed by atoms with van der Waals surface area (Å²) in [7, 11) is 0. The molecule has 0 fully saturated rings. The summed E-state index contributed by atoms with van der Waals surface area (Å²) in [6, 6.07) is 8.72. The Labute approximate surface area is 140 Å². The summed E-state index contributed by atoms with van der Waals surface area (Å²) in [6.45, 7) is 4.69. The zero-order valence-electron chi connectivity index (χ0n) is 13.9. The van der Waals surface area contributed by atoms with E-state index in [2.05, 4.69) is 11.2 Å². The summed E-state index contributed by atoms with van der Waals surface area (Å²) in [6.07, 6.45) is 0.643. The van der Waals surface area contributed by atoms with Crippen molar-refractivity contribution < 1.29 is 14.7 Å². The molecule has 2 aromatic rings. The first kappa shape index (κ1) is 16.2. The van der Waals surface area contributed by atoms with Gasteiger partial charge in [0.2, 0.25) is 5.91 Å². The Hall–Kier alpha value is -2.63. The van der Waals surface area contributed by atoms with Crippen molar-refractivity contribution in [1.29, 1.82) is 0 Å². The fraction of sp³-hybridized carbons (Fsp3) is 0.389. The third-order valence-electron chi connectivity index (χ3n) is 4.46. The molecule has 0 saturated heterocycles. The maximum absolute atomic E-state index is 12.6. The molecule has 6 nitrogen and oxygen atoms in total. The van der Waals surface area contributed by atoms with Gasteiger partial charge in [-0.05, 0) is 37.5 Å². The van der Waals surface area contributed by atoms with Gasteiger partial charge in [-0.15, -0.1) is 0 Å². The van der Waals surface area contributed by atoms with Crippen molar-refractivity contribution in [1.82, 2.24) is 14.7 Å². The molecule has 3 rings (SSSR count). The zero-order chi connectivity index (χ0) is 17.3. The van der Waals surface area contributed by atoms with Gasteiger partial charge < -0.3 is 14.8 Å². The number of amides is 1. The molecule has 0 N–H and O–H groups in total. The van der Waals surface area contributed by atoms with Gasteiger partial charge in [0.1, 0.15) is 6.04 Å². The number of carboxylic acid groups (broad SMARTS) is 1. The number of aliphatic carboxylic acids is 1. The van der Waals surface area contributed by atoms with E-state index in [0.717, 1.165) is 17.7 Å². The van der Waals surface area contributed by atoms with E-state index in [9.17, 15) is 14.7 Å². The predicted octanol–water partition coefficient (Wildman–Crippen LogP) is 0.766. The molecule has 1 aromatic heterocycles. The van der Waals surface area contributed by atoms with Crippen LogP contribution in [0.5, 0.6) is 0 Å². The quantitative estimate of drug-likeness (QED) is 0.831. The van der Waals surface area contributed by atoms with Crippen LogP contribution in [0.3, 0.4) is 0 Å². The second-order valence-electron chi connectivity index (χ2n) is 6.24. The normalized spacial score (nSPS) is 15.0. The summed E-state index contributed by atoms with van der Waals surface area (Å²) >= 11 is 0. The highest BCUT2D eigenvalue weighted by molar-refractivity contribution is 5.82. The van der Waals surface area contributed by atoms with Crippen LogP contribution in [0, 0.1) is 13.8 Å². The van der Waals surface area contributed by atoms with Crippen LogP contribution in [0.1, 0.15) is 35.0 Å². The molecule has 0 saturated carbocycles. The molecule has 1 amide bonds. The van der Waals surface area contributed by atoms with Gasteiger partial charge in [0, 0.05) is 18.8 Å². The zero-order valence-corrected chi connectivity index (χ0v) is 13.9. The molecule has 0 aliphatic carbocycles. The van der Waals surface area contributed by atoms with Crippen molar-refractivity contribution in [2.45, 2.75) is 39.3 Å². The van der Waals surface area contributed by atoms with Gasteiger partial charge in [-0.3, -0.25) is 9.48 Å². The van der Waals surface area contributed by atoms with Gasteiger partial charge in [-0.1, -0.05) is 24.3 Å². The summed E-state index contributed by atoms with van der Waals surface area (Å²) in [4.78, 5) is 25.9. The topological polar surface area (TPSA) is 78.3 Å². The van der Waals surface area contributed by atoms with E-state index in [1.165, 1.54) is 10.2 Å². The number of nitrogens with zero attached hydrogens (tertiary/aromatic N) is 3. The lowest BCUT2D eigenvalue weighted by molar-refractivity contribution is -0.310. The second kappa shape index (κ2) is 6.47. The van der Waals surface area contributed by atoms with E-state index in [4.69, 9.17) is 0 Å². The average molecular weight is 326 g/mol. The largest absolute Gasteiger partial charge is 0.548 e. The molecule has 2 heterocycles. The van der Waals surface area contributed by atoms with Crippen molar-refractivity contribution in [3.05, 3.63) is 52.8 Å². The molecule has 6 heteroatoms. The molecule has 1 aromatic carbocycles. The number of rotatable bonds is 4. The fourth-order valence-corrected chi connectivity index (χ4v) is 3.23. The molecule has 0 spiro atoms. The molecular weight excluding hydrogens is 306 g/mol. The van der Waals surface area contributed by atoms with Crippen LogP contribution in [0.15, 0.2) is 30.3 Å². The van der Waals surface area contributed by atoms with E-state index >= 15 is 0 Å². The number of aryl methyl sites for hydroxylation is 2. The highest BCUT2D eigenvalue weighted by Crippen LogP contribution is 2.22. The summed E-state index contributed by atoms with van der Waals surface area (Å²) in [5.74, 6) is -1.47. The highest BCUT2D eigenvalue weighted by atomic mass is 16.4. The van der Waals surface area contributed by atoms with Gasteiger partial charge in [0.15, 0.2) is 0 Å². The van der Waals surface area contributed by atoms with Crippen molar-refractivity contribution in [3.63, 3.8) is 0 Å². The Morgan fingerprint density at radius 3 is 2.58 bits per heavy atom. The maximum atomic E-state index is 12.6. The minimum absolute atomic E-state index is 0.146. The minimum atomic E-state index is -1.29. The van der Waals surface area contributed by atoms with Crippen LogP contribution < -0.4 is 5.11 Å². The molecule has 24 heavy (non-hydrogen) atoms. The highest BCUT2D eigenvalue weighted by Gasteiger charge is 2.25. The van der Waals surface area contributed by atoms with Crippen molar-refractivity contribution in [2.75, 3.05) is 6.54 Å². The summed E-state index contributed by atoms with van der Waals surface area (Å²) in [5, 5.41) is 15.7. The average Bonchev–Trinajstić information content (AvgIpc) is 2.89. The smallest absolute Gasteiger partial charge is 0.225 e.